The molecule has 0 atom stereocenters. The lowest BCUT2D eigenvalue weighted by molar-refractivity contribution is 0.400. The minimum Gasteiger partial charge on any atom is -0.404 e. The van der Waals surface area contributed by atoms with Gasteiger partial charge in [0.1, 0.15) is 0 Å². The number of aryl methyl sites for hydroxylation is 1. The lowest BCUT2D eigenvalue weighted by Crippen LogP contribution is -2.04. The Hall–Kier alpha value is -1.36. The minimum absolute atomic E-state index is 0.307. The Labute approximate surface area is 70.4 Å². The maximum Gasteiger partial charge on any atom is 0.256 e. The Morgan fingerprint density at radius 3 is 2.83 bits per heavy atom. The Morgan fingerprint density at radius 2 is 2.42 bits per heavy atom. The lowest BCUT2D eigenvalue weighted by atomic mass is 10.3. The van der Waals surface area contributed by atoms with Crippen LogP contribution in [0.4, 0.5) is 0 Å². The van der Waals surface area contributed by atoms with Crippen LogP contribution < -0.4 is 11.5 Å². The standard InChI is InChI=1S/C7H12N4O/c1-2-6-10-7(12-11-6)5(3-8)4-9/h3H,2,4,8-9H2,1H3/b5-3+. The fraction of sp³-hybridized carbons (Fsp3) is 0.429. The molecule has 5 heteroatoms. The molecule has 0 unspecified atom stereocenters. The molecule has 0 spiro atoms. The van der Waals surface area contributed by atoms with Crippen molar-refractivity contribution >= 4 is 5.57 Å². The number of hydrogen-bond donors (Lipinski definition) is 2. The van der Waals surface area contributed by atoms with Crippen LogP contribution in [0.5, 0.6) is 0 Å². The zero-order valence-electron chi connectivity index (χ0n) is 6.95. The number of nitrogens with zero attached hydrogens (tertiary/aromatic N) is 2. The maximum atomic E-state index is 5.39. The Morgan fingerprint density at radius 1 is 1.67 bits per heavy atom. The van der Waals surface area contributed by atoms with Gasteiger partial charge >= 0.3 is 0 Å². The van der Waals surface area contributed by atoms with Crippen molar-refractivity contribution in [1.82, 2.24) is 10.1 Å². The summed E-state index contributed by atoms with van der Waals surface area (Å²) in [6.07, 6.45) is 2.12. The molecule has 0 aliphatic carbocycles. The van der Waals surface area contributed by atoms with E-state index in [9.17, 15) is 0 Å². The van der Waals surface area contributed by atoms with Gasteiger partial charge < -0.3 is 16.0 Å². The summed E-state index contributed by atoms with van der Waals surface area (Å²) < 4.78 is 4.91. The monoisotopic (exact) mass is 168 g/mol. The highest BCUT2D eigenvalue weighted by atomic mass is 16.5. The minimum atomic E-state index is 0.307. The molecule has 0 aliphatic rings. The average Bonchev–Trinajstić information content (AvgIpc) is 2.55. The van der Waals surface area contributed by atoms with Crippen LogP contribution in [0.2, 0.25) is 0 Å². The van der Waals surface area contributed by atoms with Crippen molar-refractivity contribution in [3.05, 3.63) is 17.9 Å². The van der Waals surface area contributed by atoms with E-state index < -0.39 is 0 Å². The number of aromatic nitrogens is 2. The third kappa shape index (κ3) is 1.62. The van der Waals surface area contributed by atoms with E-state index in [1.165, 1.54) is 6.20 Å². The van der Waals surface area contributed by atoms with Gasteiger partial charge in [0.15, 0.2) is 5.82 Å². The summed E-state index contributed by atoms with van der Waals surface area (Å²) in [5.41, 5.74) is 11.4. The van der Waals surface area contributed by atoms with E-state index >= 15 is 0 Å². The number of nitrogens with two attached hydrogens (primary N) is 2. The van der Waals surface area contributed by atoms with Crippen LogP contribution in [-0.4, -0.2) is 16.7 Å². The molecule has 0 amide bonds. The van der Waals surface area contributed by atoms with Crippen LogP contribution in [0.15, 0.2) is 10.7 Å². The van der Waals surface area contributed by atoms with Gasteiger partial charge in [0.25, 0.3) is 5.89 Å². The molecule has 0 bridgehead atoms. The van der Waals surface area contributed by atoms with Crippen LogP contribution in [-0.2, 0) is 6.42 Å². The van der Waals surface area contributed by atoms with Crippen molar-refractivity contribution in [2.45, 2.75) is 13.3 Å². The van der Waals surface area contributed by atoms with Gasteiger partial charge in [-0.05, 0) is 0 Å². The van der Waals surface area contributed by atoms with E-state index in [2.05, 4.69) is 10.1 Å². The largest absolute Gasteiger partial charge is 0.404 e. The molecule has 0 saturated heterocycles. The van der Waals surface area contributed by atoms with Crippen molar-refractivity contribution in [3.63, 3.8) is 0 Å². The zero-order chi connectivity index (χ0) is 8.97. The number of rotatable bonds is 3. The fourth-order valence-corrected chi connectivity index (χ4v) is 0.755. The molecule has 5 nitrogen and oxygen atoms in total. The molecule has 1 rings (SSSR count). The molecule has 0 aromatic carbocycles. The molecule has 0 radical (unpaired) electrons. The SMILES string of the molecule is CCc1noc(/C(=C/N)CN)n1. The van der Waals surface area contributed by atoms with Crippen molar-refractivity contribution in [2.24, 2.45) is 11.5 Å². The van der Waals surface area contributed by atoms with Crippen molar-refractivity contribution < 1.29 is 4.52 Å². The Bertz CT molecular complexity index is 279. The molecule has 66 valence electrons. The second-order valence-electron chi connectivity index (χ2n) is 2.27. The predicted molar refractivity (Wildman–Crippen MR) is 44.9 cm³/mol. The van der Waals surface area contributed by atoms with Crippen molar-refractivity contribution in [3.8, 4) is 0 Å². The summed E-state index contributed by atoms with van der Waals surface area (Å²) in [5, 5.41) is 3.71. The second-order valence-corrected chi connectivity index (χ2v) is 2.27. The highest BCUT2D eigenvalue weighted by molar-refractivity contribution is 5.58. The molecular weight excluding hydrogens is 156 g/mol. The zero-order valence-corrected chi connectivity index (χ0v) is 6.95. The van der Waals surface area contributed by atoms with Crippen molar-refractivity contribution in [1.29, 1.82) is 0 Å². The predicted octanol–water partition coefficient (Wildman–Crippen LogP) is -0.110. The van der Waals surface area contributed by atoms with E-state index in [0.29, 0.717) is 23.8 Å². The lowest BCUT2D eigenvalue weighted by Gasteiger charge is -1.92. The van der Waals surface area contributed by atoms with Gasteiger partial charge in [-0.15, -0.1) is 0 Å². The summed E-state index contributed by atoms with van der Waals surface area (Å²) in [4.78, 5) is 4.06. The first kappa shape index (κ1) is 8.73. The molecule has 1 heterocycles. The van der Waals surface area contributed by atoms with Gasteiger partial charge in [-0.25, -0.2) is 0 Å². The molecule has 12 heavy (non-hydrogen) atoms. The molecule has 0 saturated carbocycles. The van der Waals surface area contributed by atoms with E-state index in [-0.39, 0.29) is 0 Å². The van der Waals surface area contributed by atoms with Crippen LogP contribution in [0.25, 0.3) is 5.57 Å². The quantitative estimate of drug-likeness (QED) is 0.657. The summed E-state index contributed by atoms with van der Waals surface area (Å²) in [6.45, 7) is 2.25. The Kier molecular flexibility index (Phi) is 2.82. The second kappa shape index (κ2) is 3.87. The van der Waals surface area contributed by atoms with Crippen molar-refractivity contribution in [2.75, 3.05) is 6.54 Å². The Balaban J connectivity index is 2.87. The van der Waals surface area contributed by atoms with E-state index in [0.717, 1.165) is 6.42 Å². The van der Waals surface area contributed by atoms with E-state index in [4.69, 9.17) is 16.0 Å². The maximum absolute atomic E-state index is 5.39. The van der Waals surface area contributed by atoms with Gasteiger partial charge in [-0.1, -0.05) is 12.1 Å². The average molecular weight is 168 g/mol. The van der Waals surface area contributed by atoms with Gasteiger partial charge in [0, 0.05) is 24.7 Å². The topological polar surface area (TPSA) is 91.0 Å². The normalized spacial score (nSPS) is 12.0. The summed E-state index contributed by atoms with van der Waals surface area (Å²) >= 11 is 0. The first-order valence-corrected chi connectivity index (χ1v) is 3.75. The van der Waals surface area contributed by atoms with Gasteiger partial charge in [-0.3, -0.25) is 0 Å². The van der Waals surface area contributed by atoms with Gasteiger partial charge in [0.2, 0.25) is 0 Å². The smallest absolute Gasteiger partial charge is 0.256 e. The highest BCUT2D eigenvalue weighted by Gasteiger charge is 2.07. The van der Waals surface area contributed by atoms with Gasteiger partial charge in [-0.2, -0.15) is 4.98 Å². The van der Waals surface area contributed by atoms with Crippen LogP contribution >= 0.6 is 0 Å². The number of hydrogen-bond acceptors (Lipinski definition) is 5. The molecule has 0 aliphatic heterocycles. The van der Waals surface area contributed by atoms with Gasteiger partial charge in [0.05, 0.1) is 0 Å². The first-order chi connectivity index (χ1) is 5.81. The molecule has 1 aromatic rings. The highest BCUT2D eigenvalue weighted by Crippen LogP contribution is 2.08. The first-order valence-electron chi connectivity index (χ1n) is 3.75. The van der Waals surface area contributed by atoms with E-state index in [1.54, 1.807) is 0 Å². The van der Waals surface area contributed by atoms with Crippen LogP contribution in [0.1, 0.15) is 18.6 Å². The summed E-state index contributed by atoms with van der Waals surface area (Å²) in [6, 6.07) is 0. The third-order valence-electron chi connectivity index (χ3n) is 1.48. The molecule has 1 aromatic heterocycles. The van der Waals surface area contributed by atoms with Crippen LogP contribution in [0.3, 0.4) is 0 Å². The van der Waals surface area contributed by atoms with Crippen LogP contribution in [0, 0.1) is 0 Å². The van der Waals surface area contributed by atoms with E-state index in [1.807, 2.05) is 6.92 Å². The molecule has 0 fully saturated rings. The molecule has 4 N–H and O–H groups in total. The summed E-state index contributed by atoms with van der Waals surface area (Å²) in [7, 11) is 0. The fourth-order valence-electron chi connectivity index (χ4n) is 0.755. The third-order valence-corrected chi connectivity index (χ3v) is 1.48. The summed E-state index contributed by atoms with van der Waals surface area (Å²) in [5.74, 6) is 1.08. The molecular formula is C7H12N4O.